The Balaban J connectivity index is 2.12. The monoisotopic (exact) mass is 407 g/mol. The Bertz CT molecular complexity index is 537. The number of nitrogens with zero attached hydrogens (tertiary/aromatic N) is 1. The van der Waals surface area contributed by atoms with Crippen LogP contribution in [0.1, 0.15) is 30.1 Å². The van der Waals surface area contributed by atoms with Crippen molar-refractivity contribution in [2.75, 3.05) is 6.54 Å². The number of carbonyl (C=O) groups excluding carboxylic acids is 3. The molecule has 0 aromatic carbocycles. The van der Waals surface area contributed by atoms with Crippen LogP contribution in [0.4, 0.5) is 0 Å². The summed E-state index contributed by atoms with van der Waals surface area (Å²) in [6, 6.07) is 1.69. The van der Waals surface area contributed by atoms with E-state index < -0.39 is 0 Å². The summed E-state index contributed by atoms with van der Waals surface area (Å²) < 4.78 is 1.53. The van der Waals surface area contributed by atoms with E-state index in [1.165, 1.54) is 11.3 Å². The van der Waals surface area contributed by atoms with Gasteiger partial charge in [0.25, 0.3) is 0 Å². The summed E-state index contributed by atoms with van der Waals surface area (Å²) in [5, 5.41) is 0. The summed E-state index contributed by atoms with van der Waals surface area (Å²) >= 11 is 7.98. The summed E-state index contributed by atoms with van der Waals surface area (Å²) in [6.07, 6.45) is 0.654. The van der Waals surface area contributed by atoms with Gasteiger partial charge in [-0.05, 0) is 43.8 Å². The molecule has 0 unspecified atom stereocenters. The van der Waals surface area contributed by atoms with Crippen LogP contribution < -0.4 is 0 Å². The van der Waals surface area contributed by atoms with Gasteiger partial charge in [-0.1, -0.05) is 6.92 Å². The number of Topliss-reactive ketones (excluding diaryl/α,β-unsaturated/α-hetero) is 1. The van der Waals surface area contributed by atoms with Gasteiger partial charge in [-0.2, -0.15) is 0 Å². The van der Waals surface area contributed by atoms with Crippen LogP contribution in [0.5, 0.6) is 0 Å². The third-order valence-electron chi connectivity index (χ3n) is 2.91. The zero-order valence-electron chi connectivity index (χ0n) is 10.1. The molecule has 1 fully saturated rings. The van der Waals surface area contributed by atoms with Crippen molar-refractivity contribution in [3.8, 4) is 0 Å². The number of hydrogen-bond acceptors (Lipinski definition) is 4. The fraction of sp³-hybridized carbons (Fsp3) is 0.417. The van der Waals surface area contributed by atoms with Gasteiger partial charge in [0, 0.05) is 18.4 Å². The molecule has 1 aromatic heterocycles. The average molecular weight is 409 g/mol. The summed E-state index contributed by atoms with van der Waals surface area (Å²) in [5.41, 5.74) is 0.496. The van der Waals surface area contributed by atoms with E-state index in [9.17, 15) is 14.4 Å². The summed E-state index contributed by atoms with van der Waals surface area (Å²) in [7, 11) is 0. The summed E-state index contributed by atoms with van der Waals surface area (Å²) in [6.45, 7) is 1.69. The minimum atomic E-state index is -0.262. The number of ketones is 1. The second-order valence-electron chi connectivity index (χ2n) is 4.55. The number of thiophene rings is 1. The highest BCUT2D eigenvalue weighted by molar-refractivity contribution is 9.12. The predicted molar refractivity (Wildman–Crippen MR) is 79.2 cm³/mol. The number of piperidine rings is 1. The lowest BCUT2D eigenvalue weighted by atomic mass is 9.97. The molecule has 7 heteroatoms. The molecule has 2 amide bonds. The molecule has 0 saturated carbocycles. The zero-order valence-corrected chi connectivity index (χ0v) is 14.1. The van der Waals surface area contributed by atoms with E-state index in [0.29, 0.717) is 22.2 Å². The first-order valence-corrected chi connectivity index (χ1v) is 8.10. The van der Waals surface area contributed by atoms with Gasteiger partial charge in [0.05, 0.1) is 14.1 Å². The predicted octanol–water partition coefficient (Wildman–Crippen LogP) is 3.24. The van der Waals surface area contributed by atoms with E-state index in [0.717, 1.165) is 8.69 Å². The van der Waals surface area contributed by atoms with Crippen molar-refractivity contribution in [2.45, 2.75) is 19.8 Å². The largest absolute Gasteiger partial charge is 0.292 e. The minimum Gasteiger partial charge on any atom is -0.292 e. The van der Waals surface area contributed by atoms with Gasteiger partial charge >= 0.3 is 0 Å². The van der Waals surface area contributed by atoms with Crippen LogP contribution in [-0.4, -0.2) is 29.0 Å². The van der Waals surface area contributed by atoms with Crippen LogP contribution >= 0.6 is 43.2 Å². The number of rotatable bonds is 3. The minimum absolute atomic E-state index is 0.0633. The number of likely N-dealkylation sites (tertiary alicyclic amines) is 1. The van der Waals surface area contributed by atoms with E-state index in [4.69, 9.17) is 0 Å². The average Bonchev–Trinajstić information content (AvgIpc) is 2.62. The molecule has 0 aliphatic carbocycles. The molecule has 1 saturated heterocycles. The van der Waals surface area contributed by atoms with Crippen LogP contribution in [0.15, 0.2) is 13.6 Å². The fourth-order valence-electron chi connectivity index (χ4n) is 1.96. The molecule has 1 aromatic rings. The van der Waals surface area contributed by atoms with Crippen molar-refractivity contribution >= 4 is 60.8 Å². The van der Waals surface area contributed by atoms with Gasteiger partial charge in [-0.15, -0.1) is 11.3 Å². The Kier molecular flexibility index (Phi) is 4.58. The van der Waals surface area contributed by atoms with Gasteiger partial charge in [0.15, 0.2) is 5.78 Å². The van der Waals surface area contributed by atoms with Gasteiger partial charge in [-0.25, -0.2) is 0 Å². The summed E-state index contributed by atoms with van der Waals surface area (Å²) in [4.78, 5) is 36.8. The Morgan fingerprint density at radius 2 is 1.95 bits per heavy atom. The quantitative estimate of drug-likeness (QED) is 0.569. The SMILES string of the molecule is CC1CC(=O)N(CC(=O)c2cc(Br)sc2Br)C(=O)C1. The van der Waals surface area contributed by atoms with Crippen LogP contribution in [0.25, 0.3) is 0 Å². The van der Waals surface area contributed by atoms with Gasteiger partial charge in [0.2, 0.25) is 11.8 Å². The van der Waals surface area contributed by atoms with Gasteiger partial charge in [-0.3, -0.25) is 19.3 Å². The van der Waals surface area contributed by atoms with E-state index >= 15 is 0 Å². The molecular weight excluding hydrogens is 398 g/mol. The topological polar surface area (TPSA) is 54.5 Å². The molecular formula is C12H11Br2NO3S. The summed E-state index contributed by atoms with van der Waals surface area (Å²) in [5.74, 6) is -0.691. The number of imide groups is 1. The number of carbonyl (C=O) groups is 3. The van der Waals surface area contributed by atoms with Crippen molar-refractivity contribution < 1.29 is 14.4 Å². The third-order valence-corrected chi connectivity index (χ3v) is 5.25. The van der Waals surface area contributed by atoms with E-state index in [2.05, 4.69) is 31.9 Å². The molecule has 0 N–H and O–H groups in total. The molecule has 2 heterocycles. The molecule has 0 radical (unpaired) electrons. The van der Waals surface area contributed by atoms with Crippen LogP contribution in [0.2, 0.25) is 0 Å². The highest BCUT2D eigenvalue weighted by Gasteiger charge is 2.32. The van der Waals surface area contributed by atoms with Crippen LogP contribution in [0, 0.1) is 5.92 Å². The second-order valence-corrected chi connectivity index (χ2v) is 8.30. The lowest BCUT2D eigenvalue weighted by molar-refractivity contribution is -0.149. The normalized spacial score (nSPS) is 17.1. The van der Waals surface area contributed by atoms with Crippen molar-refractivity contribution in [1.82, 2.24) is 4.90 Å². The molecule has 102 valence electrons. The van der Waals surface area contributed by atoms with E-state index in [1.54, 1.807) is 6.07 Å². The molecule has 1 aliphatic heterocycles. The first-order chi connectivity index (χ1) is 8.88. The lowest BCUT2D eigenvalue weighted by Gasteiger charge is -2.27. The Hall–Kier alpha value is -0.530. The van der Waals surface area contributed by atoms with Crippen molar-refractivity contribution in [2.24, 2.45) is 5.92 Å². The maximum absolute atomic E-state index is 12.1. The third kappa shape index (κ3) is 3.32. The van der Waals surface area contributed by atoms with Crippen molar-refractivity contribution in [3.05, 3.63) is 19.2 Å². The maximum atomic E-state index is 12.1. The lowest BCUT2D eigenvalue weighted by Crippen LogP contribution is -2.45. The van der Waals surface area contributed by atoms with Gasteiger partial charge < -0.3 is 0 Å². The van der Waals surface area contributed by atoms with Crippen LogP contribution in [-0.2, 0) is 9.59 Å². The highest BCUT2D eigenvalue weighted by Crippen LogP contribution is 2.32. The molecule has 1 aliphatic rings. The molecule has 0 atom stereocenters. The molecule has 2 rings (SSSR count). The first kappa shape index (κ1) is 14.9. The van der Waals surface area contributed by atoms with Crippen molar-refractivity contribution in [3.63, 3.8) is 0 Å². The number of hydrogen-bond donors (Lipinski definition) is 0. The van der Waals surface area contributed by atoms with Gasteiger partial charge in [0.1, 0.15) is 0 Å². The standard InChI is InChI=1S/C12H11Br2NO3S/c1-6-2-10(17)15(11(18)3-6)5-8(16)7-4-9(13)19-12(7)14/h4,6H,2-3,5H2,1H3. The first-order valence-electron chi connectivity index (χ1n) is 5.69. The highest BCUT2D eigenvalue weighted by atomic mass is 79.9. The van der Waals surface area contributed by atoms with Crippen LogP contribution in [0.3, 0.4) is 0 Å². The zero-order chi connectivity index (χ0) is 14.2. The fourth-order valence-corrected chi connectivity index (χ4v) is 4.82. The van der Waals surface area contributed by atoms with E-state index in [-0.39, 0.29) is 30.1 Å². The smallest absolute Gasteiger partial charge is 0.229 e. The maximum Gasteiger partial charge on any atom is 0.229 e. The Morgan fingerprint density at radius 1 is 1.37 bits per heavy atom. The Morgan fingerprint density at radius 3 is 2.42 bits per heavy atom. The number of amides is 2. The molecule has 0 bridgehead atoms. The van der Waals surface area contributed by atoms with E-state index in [1.807, 2.05) is 6.92 Å². The molecule has 19 heavy (non-hydrogen) atoms. The van der Waals surface area contributed by atoms with Crippen molar-refractivity contribution in [1.29, 1.82) is 0 Å². The number of halogens is 2. The Labute approximate surface area is 131 Å². The second kappa shape index (κ2) is 5.85. The molecule has 0 spiro atoms. The molecule has 4 nitrogen and oxygen atoms in total.